The molecule has 5 rings (SSSR count). The summed E-state index contributed by atoms with van der Waals surface area (Å²) in [6.45, 7) is 0. The maximum atomic E-state index is 4.78. The summed E-state index contributed by atoms with van der Waals surface area (Å²) >= 11 is 3.63. The number of nitrogens with zero attached hydrogens (tertiary/aromatic N) is 1. The van der Waals surface area contributed by atoms with Crippen molar-refractivity contribution in [3.05, 3.63) is 119 Å². The van der Waals surface area contributed by atoms with Crippen LogP contribution >= 0.6 is 23.2 Å². The van der Waals surface area contributed by atoms with E-state index in [9.17, 15) is 0 Å². The average molecular weight is 599 g/mol. The van der Waals surface area contributed by atoms with Gasteiger partial charge in [0.2, 0.25) is 0 Å². The van der Waals surface area contributed by atoms with E-state index in [1.165, 1.54) is 21.3 Å². The van der Waals surface area contributed by atoms with Gasteiger partial charge in [-0.2, -0.15) is 5.10 Å². The molecule has 2 nitrogen and oxygen atoms in total. The predicted octanol–water partition coefficient (Wildman–Crippen LogP) is 2.82. The third kappa shape index (κ3) is 4.21. The molecule has 0 aliphatic heterocycles. The third-order valence-corrected chi connectivity index (χ3v) is 10.4. The molecule has 4 aromatic carbocycles. The minimum absolute atomic E-state index is 0. The number of rotatable bonds is 5. The Balaban J connectivity index is 0.00000231. The Labute approximate surface area is 208 Å². The van der Waals surface area contributed by atoms with E-state index in [-0.39, 0.29) is 24.0 Å². The Kier molecular flexibility index (Phi) is 6.90. The molecule has 154 valence electrons. The van der Waals surface area contributed by atoms with Crippen LogP contribution in [0.2, 0.25) is 0 Å². The van der Waals surface area contributed by atoms with Crippen LogP contribution in [-0.4, -0.2) is 10.2 Å². The first-order valence-corrected chi connectivity index (χ1v) is 12.7. The first-order chi connectivity index (χ1) is 14.8. The molecule has 0 fully saturated rings. The Bertz CT molecular complexity index is 1180. The van der Waals surface area contributed by atoms with Gasteiger partial charge in [-0.05, 0) is 54.6 Å². The topological polar surface area (TPSA) is 28.7 Å². The van der Waals surface area contributed by atoms with Crippen LogP contribution in [0.25, 0.3) is 10.9 Å². The van der Waals surface area contributed by atoms with E-state index in [1.807, 2.05) is 0 Å². The molecule has 0 spiro atoms. The minimum atomic E-state index is -1.96. The molecule has 0 atom stereocenters. The highest BCUT2D eigenvalue weighted by Crippen LogP contribution is 2.58. The molecule has 5 aromatic rings. The Morgan fingerprint density at radius 3 is 1.65 bits per heavy atom. The van der Waals surface area contributed by atoms with Crippen molar-refractivity contribution >= 4 is 50.0 Å². The molecular formula is C26H21BrIN2P. The van der Waals surface area contributed by atoms with Crippen molar-refractivity contribution in [2.45, 2.75) is 6.16 Å². The van der Waals surface area contributed by atoms with E-state index in [4.69, 9.17) is 5.10 Å². The maximum absolute atomic E-state index is 4.78. The van der Waals surface area contributed by atoms with Crippen molar-refractivity contribution in [2.24, 2.45) is 0 Å². The van der Waals surface area contributed by atoms with Gasteiger partial charge in [0.25, 0.3) is 0 Å². The van der Waals surface area contributed by atoms with Crippen LogP contribution in [-0.2, 0) is 6.16 Å². The molecule has 1 aromatic heterocycles. The zero-order valence-electron chi connectivity index (χ0n) is 16.7. The molecule has 0 aliphatic carbocycles. The largest absolute Gasteiger partial charge is 1.00 e. The van der Waals surface area contributed by atoms with Gasteiger partial charge >= 0.3 is 0 Å². The molecule has 0 saturated carbocycles. The van der Waals surface area contributed by atoms with Crippen LogP contribution in [0.4, 0.5) is 0 Å². The van der Waals surface area contributed by atoms with E-state index < -0.39 is 7.26 Å². The number of hydrogen-bond donors (Lipinski definition) is 1. The highest BCUT2D eigenvalue weighted by molar-refractivity contribution is 9.10. The maximum Gasteiger partial charge on any atom is 0.118 e. The van der Waals surface area contributed by atoms with E-state index in [0.717, 1.165) is 21.8 Å². The van der Waals surface area contributed by atoms with E-state index >= 15 is 0 Å². The monoisotopic (exact) mass is 598 g/mol. The van der Waals surface area contributed by atoms with Crippen molar-refractivity contribution in [1.29, 1.82) is 0 Å². The summed E-state index contributed by atoms with van der Waals surface area (Å²) in [4.78, 5) is 0. The van der Waals surface area contributed by atoms with Crippen molar-refractivity contribution in [2.75, 3.05) is 0 Å². The lowest BCUT2D eigenvalue weighted by atomic mass is 10.2. The molecule has 1 heterocycles. The fourth-order valence-electron chi connectivity index (χ4n) is 4.15. The highest BCUT2D eigenvalue weighted by Gasteiger charge is 2.46. The Morgan fingerprint density at radius 2 is 1.16 bits per heavy atom. The van der Waals surface area contributed by atoms with Crippen LogP contribution in [0.1, 0.15) is 5.69 Å². The number of fused-ring (bicyclic) bond motifs is 1. The number of H-pyrrole nitrogens is 1. The number of aromatic nitrogens is 2. The number of nitrogens with one attached hydrogen (secondary N) is 1. The summed E-state index contributed by atoms with van der Waals surface area (Å²) in [5, 5.41) is 13.3. The summed E-state index contributed by atoms with van der Waals surface area (Å²) in [5.74, 6) is 0. The van der Waals surface area contributed by atoms with Crippen molar-refractivity contribution in [3.8, 4) is 0 Å². The van der Waals surface area contributed by atoms with Gasteiger partial charge in [-0.15, -0.1) is 0 Å². The van der Waals surface area contributed by atoms with Crippen molar-refractivity contribution in [1.82, 2.24) is 10.2 Å². The molecule has 0 radical (unpaired) electrons. The quantitative estimate of drug-likeness (QED) is 0.245. The van der Waals surface area contributed by atoms with E-state index in [2.05, 4.69) is 130 Å². The van der Waals surface area contributed by atoms with E-state index in [1.54, 1.807) is 0 Å². The zero-order chi connectivity index (χ0) is 20.4. The third-order valence-electron chi connectivity index (χ3n) is 5.58. The molecule has 0 amide bonds. The van der Waals surface area contributed by atoms with Crippen LogP contribution < -0.4 is 39.9 Å². The number of halogens is 2. The molecular weight excluding hydrogens is 578 g/mol. The predicted molar refractivity (Wildman–Crippen MR) is 133 cm³/mol. The number of benzene rings is 4. The lowest BCUT2D eigenvalue weighted by Gasteiger charge is -2.27. The van der Waals surface area contributed by atoms with Gasteiger partial charge < -0.3 is 24.0 Å². The molecule has 0 saturated heterocycles. The summed E-state index contributed by atoms with van der Waals surface area (Å²) in [6, 6.07) is 39.1. The number of aromatic amines is 1. The standard InChI is InChI=1S/C26H21BrN2P.HI/c27-20-16-17-25-24(18-20)26(29-28-25)19-30(21-10-4-1-5-11-21,22-12-6-2-7-13-22)23-14-8-3-9-15-23;/h1-18H,19H2,(H,28,29);1H/q+1;/p-1. The van der Waals surface area contributed by atoms with Gasteiger partial charge in [0.1, 0.15) is 35.0 Å². The van der Waals surface area contributed by atoms with Gasteiger partial charge in [-0.3, -0.25) is 5.10 Å². The lowest BCUT2D eigenvalue weighted by Crippen LogP contribution is -3.00. The molecule has 0 bridgehead atoms. The van der Waals surface area contributed by atoms with E-state index in [0.29, 0.717) is 0 Å². The summed E-state index contributed by atoms with van der Waals surface area (Å²) < 4.78 is 1.07. The summed E-state index contributed by atoms with van der Waals surface area (Å²) in [7, 11) is -1.96. The lowest BCUT2D eigenvalue weighted by molar-refractivity contribution is -0.00000575. The molecule has 31 heavy (non-hydrogen) atoms. The second-order valence-electron chi connectivity index (χ2n) is 7.33. The highest BCUT2D eigenvalue weighted by atomic mass is 127. The molecule has 0 aliphatic rings. The van der Waals surface area contributed by atoms with Gasteiger partial charge in [0.15, 0.2) is 0 Å². The smallest absolute Gasteiger partial charge is 0.118 e. The first kappa shape index (κ1) is 22.2. The fourth-order valence-corrected chi connectivity index (χ4v) is 8.69. The van der Waals surface area contributed by atoms with Gasteiger partial charge in [-0.1, -0.05) is 70.5 Å². The summed E-state index contributed by atoms with van der Waals surface area (Å²) in [6.07, 6.45) is 0.863. The molecule has 1 N–H and O–H groups in total. The van der Waals surface area contributed by atoms with Gasteiger partial charge in [0.05, 0.1) is 5.52 Å². The number of hydrogen-bond acceptors (Lipinski definition) is 1. The molecule has 0 unspecified atom stereocenters. The zero-order valence-corrected chi connectivity index (χ0v) is 21.4. The van der Waals surface area contributed by atoms with Crippen LogP contribution in [0, 0.1) is 0 Å². The SMILES string of the molecule is Brc1ccc2[nH]nc(C[P+](c3ccccc3)(c3ccccc3)c3ccccc3)c2c1.[I-]. The first-order valence-electron chi connectivity index (χ1n) is 9.95. The minimum Gasteiger partial charge on any atom is -1.00 e. The average Bonchev–Trinajstić information content (AvgIpc) is 3.21. The van der Waals surface area contributed by atoms with Gasteiger partial charge in [0, 0.05) is 9.86 Å². The Morgan fingerprint density at radius 1 is 0.677 bits per heavy atom. The van der Waals surface area contributed by atoms with Gasteiger partial charge in [-0.25, -0.2) is 0 Å². The van der Waals surface area contributed by atoms with Crippen molar-refractivity contribution < 1.29 is 24.0 Å². The fraction of sp³-hybridized carbons (Fsp3) is 0.0385. The molecule has 5 heteroatoms. The second kappa shape index (κ2) is 9.64. The van der Waals surface area contributed by atoms with Crippen molar-refractivity contribution in [3.63, 3.8) is 0 Å². The summed E-state index contributed by atoms with van der Waals surface area (Å²) in [5.41, 5.74) is 2.18. The Hall–Kier alpha value is -2.01. The van der Waals surface area contributed by atoms with Crippen LogP contribution in [0.3, 0.4) is 0 Å². The normalized spacial score (nSPS) is 11.3. The second-order valence-corrected chi connectivity index (χ2v) is 11.7. The van der Waals surface area contributed by atoms with Crippen LogP contribution in [0.5, 0.6) is 0 Å². The van der Waals surface area contributed by atoms with Crippen LogP contribution in [0.15, 0.2) is 114 Å².